The Morgan fingerprint density at radius 3 is 1.66 bits per heavy atom. The van der Waals surface area contributed by atoms with Crippen molar-refractivity contribution in [2.75, 3.05) is 0 Å². The molecule has 0 saturated heterocycles. The van der Waals surface area contributed by atoms with Crippen LogP contribution in [0.15, 0.2) is 109 Å². The van der Waals surface area contributed by atoms with E-state index in [-0.39, 0.29) is 123 Å². The number of aryl methyl sites for hydroxylation is 1. The minimum atomic E-state index is -5.29. The molecule has 273 valence electrons. The minimum Gasteiger partial charge on any atom is -0.872 e. The first-order valence-electron chi connectivity index (χ1n) is 13.7. The van der Waals surface area contributed by atoms with Gasteiger partial charge in [-0.1, -0.05) is 60.9 Å². The molecule has 0 aliphatic rings. The SMILES string of the molecule is Cc1[n-]n(-c2ccccc2)c(=O)c1N=Nc1cc([N+](=O)[O-])cc(S(=O)(=O)[O-])c1[O-].O=[N+]([O-])c1cc(N=Cc2ccccc2[O-])c([O-])c(S(=O)(=O)[O-])c1.[Cr+3].[Na+].[Na+].[Na+]. The predicted molar refractivity (Wildman–Crippen MR) is 168 cm³/mol. The molecule has 0 aliphatic heterocycles. The van der Waals surface area contributed by atoms with E-state index in [0.717, 1.165) is 17.0 Å². The van der Waals surface area contributed by atoms with Crippen LogP contribution in [0.1, 0.15) is 11.3 Å². The molecular weight excluding hydrogens is 855 g/mol. The maximum Gasteiger partial charge on any atom is 3.00 e. The summed E-state index contributed by atoms with van der Waals surface area (Å²) in [4.78, 5) is 33.3. The predicted octanol–water partition coefficient (Wildman–Crippen LogP) is -7.19. The second kappa shape index (κ2) is 22.0. The van der Waals surface area contributed by atoms with Crippen LogP contribution in [0.2, 0.25) is 0 Å². The number of hydrogen-bond acceptors (Lipinski definition) is 17. The average Bonchev–Trinajstić information content (AvgIpc) is 3.36. The Morgan fingerprint density at radius 2 is 1.18 bits per heavy atom. The summed E-state index contributed by atoms with van der Waals surface area (Å²) in [6, 6.07) is 16.1. The van der Waals surface area contributed by atoms with Crippen molar-refractivity contribution < 1.29 is 157 Å². The first-order valence-corrected chi connectivity index (χ1v) is 16.6. The Kier molecular flexibility index (Phi) is 20.7. The molecule has 5 aromatic rings. The average molecular weight is 873 g/mol. The molecule has 1 radical (unpaired) electrons. The number of aliphatic imine (C=N–C) groups is 1. The Balaban J connectivity index is 0.00000103. The number of aromatic nitrogens is 2. The third-order valence-corrected chi connectivity index (χ3v) is 8.19. The number of nitro groups is 2. The first-order chi connectivity index (χ1) is 24.3. The molecule has 0 atom stereocenters. The zero-order valence-electron chi connectivity index (χ0n) is 29.2. The summed E-state index contributed by atoms with van der Waals surface area (Å²) in [6.07, 6.45) is 0.962. The fraction of sp³-hybridized carbons (Fsp3) is 0.0345. The van der Waals surface area contributed by atoms with E-state index in [1.807, 2.05) is 0 Å². The van der Waals surface area contributed by atoms with E-state index in [0.29, 0.717) is 23.9 Å². The van der Waals surface area contributed by atoms with Crippen molar-refractivity contribution in [2.45, 2.75) is 16.7 Å². The molecule has 1 heterocycles. The van der Waals surface area contributed by atoms with Crippen LogP contribution in [-0.2, 0) is 37.6 Å². The molecule has 5 rings (SSSR count). The van der Waals surface area contributed by atoms with Crippen molar-refractivity contribution in [3.63, 3.8) is 0 Å². The van der Waals surface area contributed by atoms with Crippen LogP contribution in [0.25, 0.3) is 5.69 Å². The molecule has 0 fully saturated rings. The van der Waals surface area contributed by atoms with Gasteiger partial charge in [0.05, 0.1) is 31.0 Å². The van der Waals surface area contributed by atoms with E-state index < -0.39 is 85.4 Å². The Bertz CT molecular complexity index is 2570. The topological polar surface area (TPSA) is 343 Å². The van der Waals surface area contributed by atoms with Gasteiger partial charge in [0.25, 0.3) is 16.9 Å². The Morgan fingerprint density at radius 1 is 0.714 bits per heavy atom. The molecule has 27 heteroatoms. The second-order valence-corrected chi connectivity index (χ2v) is 12.7. The van der Waals surface area contributed by atoms with E-state index in [1.54, 1.807) is 30.3 Å². The first kappa shape index (κ1) is 52.7. The van der Waals surface area contributed by atoms with Crippen LogP contribution < -0.4 is 115 Å². The molecule has 0 aliphatic carbocycles. The summed E-state index contributed by atoms with van der Waals surface area (Å²) in [5.41, 5.74) is -3.27. The zero-order chi connectivity index (χ0) is 38.5. The molecule has 0 amide bonds. The van der Waals surface area contributed by atoms with Gasteiger partial charge in [0.1, 0.15) is 25.9 Å². The summed E-state index contributed by atoms with van der Waals surface area (Å²) in [6.45, 7) is 1.45. The second-order valence-electron chi connectivity index (χ2n) is 9.99. The molecule has 21 nitrogen and oxygen atoms in total. The van der Waals surface area contributed by atoms with Gasteiger partial charge < -0.3 is 34.2 Å². The molecular formula is C29H17CrN7Na3O14S2. The maximum absolute atomic E-state index is 12.5. The van der Waals surface area contributed by atoms with E-state index in [2.05, 4.69) is 20.3 Å². The summed E-state index contributed by atoms with van der Waals surface area (Å²) in [7, 11) is -10.5. The summed E-state index contributed by atoms with van der Waals surface area (Å²) in [5.74, 6) is -3.05. The van der Waals surface area contributed by atoms with E-state index in [9.17, 15) is 66.3 Å². The van der Waals surface area contributed by atoms with Gasteiger partial charge in [-0.3, -0.25) is 30.0 Å². The van der Waals surface area contributed by atoms with Crippen LogP contribution in [0.3, 0.4) is 0 Å². The molecule has 1 aromatic heterocycles. The molecule has 0 bridgehead atoms. The van der Waals surface area contributed by atoms with Gasteiger partial charge in [0.15, 0.2) is 0 Å². The smallest absolute Gasteiger partial charge is 0.872 e. The monoisotopic (exact) mass is 872 g/mol. The molecule has 56 heavy (non-hydrogen) atoms. The van der Waals surface area contributed by atoms with E-state index >= 15 is 0 Å². The number of non-ortho nitro benzene ring substituents is 2. The number of benzene rings is 4. The molecule has 4 aromatic carbocycles. The molecule has 0 unspecified atom stereocenters. The molecule has 0 spiro atoms. The Labute approximate surface area is 393 Å². The van der Waals surface area contributed by atoms with Gasteiger partial charge in [0.2, 0.25) is 0 Å². The van der Waals surface area contributed by atoms with Crippen LogP contribution in [0.4, 0.5) is 28.4 Å². The zero-order valence-corrected chi connectivity index (χ0v) is 38.1. The van der Waals surface area contributed by atoms with Gasteiger partial charge >= 0.3 is 106 Å². The fourth-order valence-electron chi connectivity index (χ4n) is 4.09. The largest absolute Gasteiger partial charge is 3.00 e. The third-order valence-electron chi connectivity index (χ3n) is 6.51. The molecule has 0 saturated carbocycles. The Hall–Kier alpha value is -3.29. The van der Waals surface area contributed by atoms with Crippen molar-refractivity contribution in [1.29, 1.82) is 0 Å². The minimum absolute atomic E-state index is 0. The number of nitrogens with zero attached hydrogens (tertiary/aromatic N) is 7. The number of rotatable bonds is 9. The number of nitro benzene ring substituents is 2. The van der Waals surface area contributed by atoms with Crippen LogP contribution >= 0.6 is 0 Å². The third kappa shape index (κ3) is 13.1. The van der Waals surface area contributed by atoms with Gasteiger partial charge in [-0.2, -0.15) is 5.11 Å². The van der Waals surface area contributed by atoms with Crippen molar-refractivity contribution in [1.82, 2.24) is 9.78 Å². The number of hydrogen-bond donors (Lipinski definition) is 0. The van der Waals surface area contributed by atoms with Crippen molar-refractivity contribution in [2.24, 2.45) is 15.2 Å². The number of azo groups is 1. The van der Waals surface area contributed by atoms with E-state index in [4.69, 9.17) is 0 Å². The van der Waals surface area contributed by atoms with Gasteiger partial charge in [0, 0.05) is 36.2 Å². The van der Waals surface area contributed by atoms with Gasteiger partial charge in [-0.05, 0) is 17.7 Å². The summed E-state index contributed by atoms with van der Waals surface area (Å²) < 4.78 is 67.8. The van der Waals surface area contributed by atoms with Crippen molar-refractivity contribution in [3.05, 3.63) is 121 Å². The normalized spacial score (nSPS) is 10.9. The summed E-state index contributed by atoms with van der Waals surface area (Å²) >= 11 is 0. The summed E-state index contributed by atoms with van der Waals surface area (Å²) in [5, 5.41) is 68.4. The van der Waals surface area contributed by atoms with Crippen LogP contribution in [0, 0.1) is 27.2 Å². The quantitative estimate of drug-likeness (QED) is 0.0332. The van der Waals surface area contributed by atoms with Gasteiger partial charge in [-0.25, -0.2) is 16.8 Å². The van der Waals surface area contributed by atoms with Gasteiger partial charge in [-0.15, -0.1) is 16.6 Å². The van der Waals surface area contributed by atoms with Crippen molar-refractivity contribution in [3.8, 4) is 22.9 Å². The van der Waals surface area contributed by atoms with Crippen LogP contribution in [-0.4, -0.2) is 46.7 Å². The molecule has 0 N–H and O–H groups in total. The van der Waals surface area contributed by atoms with Crippen LogP contribution in [0.5, 0.6) is 17.2 Å². The van der Waals surface area contributed by atoms with Crippen molar-refractivity contribution >= 4 is 54.9 Å². The number of para-hydroxylation sites is 2. The standard InChI is InChI=1S/C16H13N5O7S.C13H10N2O7S.Cr.3Na/c1-9-14(16(23)20(19-9)10-5-3-2-4-6-10)18-17-12-7-11(21(24)25)8-13(15(12)22)29(26,27)28;16-11-4-2-1-3-8(11)7-14-10-5-9(15(18)19)6-12(13(10)17)23(20,21)22;;;;/h2-8H,1H3,(H3,17,18,19,22,23,26,27,28);1-7,16-17H,(H,20,21,22);;;;/q;;+3;3*+1/p-6. The fourth-order valence-corrected chi connectivity index (χ4v) is 5.28. The van der Waals surface area contributed by atoms with E-state index in [1.165, 1.54) is 31.2 Å². The maximum atomic E-state index is 12.5.